The van der Waals surface area contributed by atoms with E-state index in [0.29, 0.717) is 0 Å². The molecule has 2 aromatic carbocycles. The molecule has 0 unspecified atom stereocenters. The Balaban J connectivity index is 1.75. The Kier molecular flexibility index (Phi) is 3.29. The van der Waals surface area contributed by atoms with Gasteiger partial charge in [0.2, 0.25) is 0 Å². The number of benzene rings is 2. The third-order valence-electron chi connectivity index (χ3n) is 3.37. The Morgan fingerprint density at radius 2 is 1.90 bits per heavy atom. The van der Waals surface area contributed by atoms with E-state index in [-0.39, 0.29) is 0 Å². The van der Waals surface area contributed by atoms with Crippen LogP contribution in [-0.2, 0) is 12.8 Å². The average Bonchev–Trinajstić information content (AvgIpc) is 2.88. The van der Waals surface area contributed by atoms with E-state index >= 15 is 0 Å². The second-order valence-corrected chi connectivity index (χ2v) is 4.81. The van der Waals surface area contributed by atoms with Crippen molar-refractivity contribution in [1.82, 2.24) is 9.97 Å². The number of nitrogens with two attached hydrogens (primary N) is 1. The molecule has 0 spiro atoms. The first-order valence-electron chi connectivity index (χ1n) is 6.61. The minimum atomic E-state index is 0.796. The molecule has 3 aromatic rings. The molecule has 0 saturated carbocycles. The van der Waals surface area contributed by atoms with Gasteiger partial charge in [0, 0.05) is 18.2 Å². The molecule has 0 amide bonds. The lowest BCUT2D eigenvalue weighted by molar-refractivity contribution is 0.415. The number of nitrogens with zero attached hydrogens (tertiary/aromatic N) is 1. The van der Waals surface area contributed by atoms with Crippen LogP contribution in [0.15, 0.2) is 42.5 Å². The normalized spacial score (nSPS) is 10.8. The number of anilines is 1. The Bertz CT molecular complexity index is 716. The van der Waals surface area contributed by atoms with E-state index in [0.717, 1.165) is 41.1 Å². The van der Waals surface area contributed by atoms with Crippen molar-refractivity contribution in [1.29, 1.82) is 0 Å². The molecule has 20 heavy (non-hydrogen) atoms. The second-order valence-electron chi connectivity index (χ2n) is 4.81. The van der Waals surface area contributed by atoms with Gasteiger partial charge in [-0.25, -0.2) is 4.98 Å². The summed E-state index contributed by atoms with van der Waals surface area (Å²) in [6.45, 7) is 0. The fourth-order valence-electron chi connectivity index (χ4n) is 2.23. The summed E-state index contributed by atoms with van der Waals surface area (Å²) in [6, 6.07) is 13.8. The van der Waals surface area contributed by atoms with Crippen LogP contribution in [0.1, 0.15) is 11.4 Å². The summed E-state index contributed by atoms with van der Waals surface area (Å²) in [6.07, 6.45) is 1.82. The smallest absolute Gasteiger partial charge is 0.121 e. The monoisotopic (exact) mass is 267 g/mol. The Labute approximate surface area is 117 Å². The van der Waals surface area contributed by atoms with Gasteiger partial charge in [0.1, 0.15) is 11.6 Å². The molecule has 4 nitrogen and oxygen atoms in total. The summed E-state index contributed by atoms with van der Waals surface area (Å²) in [5.41, 5.74) is 9.72. The maximum absolute atomic E-state index is 5.68. The van der Waals surface area contributed by atoms with Gasteiger partial charge in [0.15, 0.2) is 0 Å². The molecule has 0 bridgehead atoms. The molecule has 0 aliphatic carbocycles. The SMILES string of the molecule is COc1ccc2nc(CCc3ccc(N)cc3)[nH]c2c1. The highest BCUT2D eigenvalue weighted by Gasteiger charge is 2.04. The number of aryl methyl sites for hydroxylation is 2. The molecule has 0 fully saturated rings. The molecular weight excluding hydrogens is 250 g/mol. The number of aromatic nitrogens is 2. The van der Waals surface area contributed by atoms with Crippen LogP contribution in [0.4, 0.5) is 5.69 Å². The zero-order valence-corrected chi connectivity index (χ0v) is 11.4. The van der Waals surface area contributed by atoms with Crippen molar-refractivity contribution in [2.24, 2.45) is 0 Å². The van der Waals surface area contributed by atoms with Crippen LogP contribution in [-0.4, -0.2) is 17.1 Å². The van der Waals surface area contributed by atoms with Crippen LogP contribution < -0.4 is 10.5 Å². The molecular formula is C16H17N3O. The Hall–Kier alpha value is -2.49. The summed E-state index contributed by atoms with van der Waals surface area (Å²) < 4.78 is 5.21. The van der Waals surface area contributed by atoms with Gasteiger partial charge >= 0.3 is 0 Å². The molecule has 102 valence electrons. The first kappa shape index (κ1) is 12.5. The molecule has 0 aliphatic rings. The number of hydrogen-bond donors (Lipinski definition) is 2. The van der Waals surface area contributed by atoms with Crippen LogP contribution in [0.3, 0.4) is 0 Å². The highest BCUT2D eigenvalue weighted by atomic mass is 16.5. The van der Waals surface area contributed by atoms with E-state index in [1.807, 2.05) is 30.3 Å². The number of H-pyrrole nitrogens is 1. The maximum atomic E-state index is 5.68. The molecule has 3 N–H and O–H groups in total. The highest BCUT2D eigenvalue weighted by molar-refractivity contribution is 5.76. The van der Waals surface area contributed by atoms with E-state index in [1.165, 1.54) is 5.56 Å². The zero-order valence-electron chi connectivity index (χ0n) is 11.4. The lowest BCUT2D eigenvalue weighted by Crippen LogP contribution is -1.94. The van der Waals surface area contributed by atoms with E-state index < -0.39 is 0 Å². The minimum absolute atomic E-state index is 0.796. The van der Waals surface area contributed by atoms with Gasteiger partial charge < -0.3 is 15.5 Å². The summed E-state index contributed by atoms with van der Waals surface area (Å²) in [5, 5.41) is 0. The second kappa shape index (κ2) is 5.25. The molecule has 0 saturated heterocycles. The number of fused-ring (bicyclic) bond motifs is 1. The van der Waals surface area contributed by atoms with Crippen molar-refractivity contribution >= 4 is 16.7 Å². The van der Waals surface area contributed by atoms with Crippen molar-refractivity contribution in [2.75, 3.05) is 12.8 Å². The van der Waals surface area contributed by atoms with E-state index in [2.05, 4.69) is 22.1 Å². The van der Waals surface area contributed by atoms with Crippen LogP contribution in [0, 0.1) is 0 Å². The number of imidazole rings is 1. The summed E-state index contributed by atoms with van der Waals surface area (Å²) in [7, 11) is 1.67. The molecule has 4 heteroatoms. The summed E-state index contributed by atoms with van der Waals surface area (Å²) in [4.78, 5) is 7.92. The van der Waals surface area contributed by atoms with Gasteiger partial charge in [-0.05, 0) is 36.2 Å². The van der Waals surface area contributed by atoms with Crippen LogP contribution >= 0.6 is 0 Å². The van der Waals surface area contributed by atoms with Crippen molar-refractivity contribution < 1.29 is 4.74 Å². The van der Waals surface area contributed by atoms with Gasteiger partial charge in [-0.1, -0.05) is 12.1 Å². The minimum Gasteiger partial charge on any atom is -0.497 e. The maximum Gasteiger partial charge on any atom is 0.121 e. The quantitative estimate of drug-likeness (QED) is 0.714. The number of nitrogen functional groups attached to an aromatic ring is 1. The number of hydrogen-bond acceptors (Lipinski definition) is 3. The predicted octanol–water partition coefficient (Wildman–Crippen LogP) is 2.94. The Morgan fingerprint density at radius 3 is 2.65 bits per heavy atom. The Morgan fingerprint density at radius 1 is 1.10 bits per heavy atom. The van der Waals surface area contributed by atoms with Crippen molar-refractivity contribution in [3.05, 3.63) is 53.9 Å². The van der Waals surface area contributed by atoms with Crippen molar-refractivity contribution in [3.8, 4) is 5.75 Å². The third kappa shape index (κ3) is 2.59. The number of rotatable bonds is 4. The summed E-state index contributed by atoms with van der Waals surface area (Å²) in [5.74, 6) is 1.83. The first-order chi connectivity index (χ1) is 9.74. The lowest BCUT2D eigenvalue weighted by Gasteiger charge is -2.00. The standard InChI is InChI=1S/C16H17N3O/c1-20-13-7-8-14-15(10-13)19-16(18-14)9-4-11-2-5-12(17)6-3-11/h2-3,5-8,10H,4,9,17H2,1H3,(H,18,19). The number of ether oxygens (including phenoxy) is 1. The highest BCUT2D eigenvalue weighted by Crippen LogP contribution is 2.19. The van der Waals surface area contributed by atoms with Crippen molar-refractivity contribution in [2.45, 2.75) is 12.8 Å². The predicted molar refractivity (Wildman–Crippen MR) is 80.9 cm³/mol. The largest absolute Gasteiger partial charge is 0.497 e. The molecule has 3 rings (SSSR count). The molecule has 1 aromatic heterocycles. The fourth-order valence-corrected chi connectivity index (χ4v) is 2.23. The molecule has 0 atom stereocenters. The number of aromatic amines is 1. The van der Waals surface area contributed by atoms with Gasteiger partial charge in [-0.2, -0.15) is 0 Å². The van der Waals surface area contributed by atoms with Crippen molar-refractivity contribution in [3.63, 3.8) is 0 Å². The first-order valence-corrected chi connectivity index (χ1v) is 6.61. The van der Waals surface area contributed by atoms with E-state index in [1.54, 1.807) is 7.11 Å². The summed E-state index contributed by atoms with van der Waals surface area (Å²) >= 11 is 0. The fraction of sp³-hybridized carbons (Fsp3) is 0.188. The van der Waals surface area contributed by atoms with E-state index in [4.69, 9.17) is 10.5 Å². The van der Waals surface area contributed by atoms with Crippen LogP contribution in [0.5, 0.6) is 5.75 Å². The van der Waals surface area contributed by atoms with Crippen LogP contribution in [0.25, 0.3) is 11.0 Å². The van der Waals surface area contributed by atoms with Crippen LogP contribution in [0.2, 0.25) is 0 Å². The molecule has 1 heterocycles. The lowest BCUT2D eigenvalue weighted by atomic mass is 10.1. The average molecular weight is 267 g/mol. The number of nitrogens with one attached hydrogen (secondary N) is 1. The van der Waals surface area contributed by atoms with Gasteiger partial charge in [0.25, 0.3) is 0 Å². The molecule has 0 radical (unpaired) electrons. The third-order valence-corrected chi connectivity index (χ3v) is 3.37. The van der Waals surface area contributed by atoms with Gasteiger partial charge in [-0.15, -0.1) is 0 Å². The zero-order chi connectivity index (χ0) is 13.9. The molecule has 0 aliphatic heterocycles. The van der Waals surface area contributed by atoms with E-state index in [9.17, 15) is 0 Å². The number of methoxy groups -OCH3 is 1. The van der Waals surface area contributed by atoms with Gasteiger partial charge in [-0.3, -0.25) is 0 Å². The topological polar surface area (TPSA) is 63.9 Å². The van der Waals surface area contributed by atoms with Gasteiger partial charge in [0.05, 0.1) is 18.1 Å².